The minimum Gasteiger partial charge on any atom is -0.549 e. The van der Waals surface area contributed by atoms with Crippen molar-refractivity contribution in [2.45, 2.75) is 5.16 Å². The van der Waals surface area contributed by atoms with Crippen molar-refractivity contribution in [3.05, 3.63) is 30.1 Å². The Bertz CT molecular complexity index is 570. The summed E-state index contributed by atoms with van der Waals surface area (Å²) < 4.78 is 13.9. The smallest absolute Gasteiger partial charge is 0.210 e. The minimum atomic E-state index is -1.22. The van der Waals surface area contributed by atoms with Crippen LogP contribution in [0.2, 0.25) is 0 Å². The van der Waals surface area contributed by atoms with Crippen LogP contribution >= 0.6 is 11.8 Å². The lowest BCUT2D eigenvalue weighted by atomic mass is 10.2. The maximum Gasteiger partial charge on any atom is 0.210 e. The fraction of sp³-hybridized carbons (Fsp3) is 0.100. The van der Waals surface area contributed by atoms with Gasteiger partial charge in [0.2, 0.25) is 5.16 Å². The molecule has 0 bridgehead atoms. The van der Waals surface area contributed by atoms with Gasteiger partial charge < -0.3 is 15.7 Å². The molecule has 0 spiro atoms. The first-order chi connectivity index (χ1) is 8.58. The molecule has 6 nitrogen and oxygen atoms in total. The summed E-state index contributed by atoms with van der Waals surface area (Å²) in [5.41, 5.74) is 0.590. The van der Waals surface area contributed by atoms with Crippen LogP contribution in [0.4, 0.5) is 4.39 Å². The fourth-order valence-electron chi connectivity index (χ4n) is 1.29. The molecule has 0 radical (unpaired) electrons. The molecule has 0 amide bonds. The number of thioether (sulfide) groups is 1. The van der Waals surface area contributed by atoms with E-state index >= 15 is 0 Å². The summed E-state index contributed by atoms with van der Waals surface area (Å²) in [6, 6.07) is 5.57. The van der Waals surface area contributed by atoms with Crippen LogP contribution < -0.4 is 10.9 Å². The second-order valence-electron chi connectivity index (χ2n) is 3.34. The lowest BCUT2D eigenvalue weighted by Gasteiger charge is -2.03. The van der Waals surface area contributed by atoms with Crippen molar-refractivity contribution >= 4 is 17.7 Å². The monoisotopic (exact) mass is 267 g/mol. The standard InChI is InChI=1S/C10H9FN4O2S/c11-7-3-1-6(2-4-7)9-13-14-10(15(9)12)18-5-8(16)17/h1-4H,5,12H2,(H,16,17)/p-1. The molecule has 0 aliphatic heterocycles. The number of carboxylic acids is 1. The zero-order valence-electron chi connectivity index (χ0n) is 9.04. The third kappa shape index (κ3) is 2.59. The van der Waals surface area contributed by atoms with Gasteiger partial charge in [-0.3, -0.25) is 0 Å². The van der Waals surface area contributed by atoms with Crippen LogP contribution in [-0.2, 0) is 4.79 Å². The molecule has 1 aromatic carbocycles. The van der Waals surface area contributed by atoms with Gasteiger partial charge >= 0.3 is 0 Å². The first-order valence-electron chi connectivity index (χ1n) is 4.87. The van der Waals surface area contributed by atoms with Crippen molar-refractivity contribution in [2.24, 2.45) is 0 Å². The van der Waals surface area contributed by atoms with Gasteiger partial charge in [0.05, 0.1) is 5.97 Å². The maximum absolute atomic E-state index is 12.8. The maximum atomic E-state index is 12.8. The van der Waals surface area contributed by atoms with Gasteiger partial charge in [-0.25, -0.2) is 9.07 Å². The molecule has 2 aromatic rings. The SMILES string of the molecule is Nn1c(SCC(=O)[O-])nnc1-c1ccc(F)cc1. The molecule has 18 heavy (non-hydrogen) atoms. The second kappa shape index (κ2) is 5.05. The Balaban J connectivity index is 2.25. The molecule has 0 aliphatic carbocycles. The van der Waals surface area contributed by atoms with E-state index in [1.807, 2.05) is 0 Å². The van der Waals surface area contributed by atoms with E-state index < -0.39 is 5.97 Å². The van der Waals surface area contributed by atoms with Crippen LogP contribution in [0.5, 0.6) is 0 Å². The minimum absolute atomic E-state index is 0.249. The normalized spacial score (nSPS) is 10.5. The molecule has 0 unspecified atom stereocenters. The summed E-state index contributed by atoms with van der Waals surface area (Å²) in [5.74, 6) is 4.20. The van der Waals surface area contributed by atoms with E-state index in [4.69, 9.17) is 5.84 Å². The average molecular weight is 267 g/mol. The van der Waals surface area contributed by atoms with E-state index in [0.717, 1.165) is 16.4 Å². The Kier molecular flexibility index (Phi) is 3.47. The van der Waals surface area contributed by atoms with Crippen LogP contribution in [0, 0.1) is 5.82 Å². The van der Waals surface area contributed by atoms with Gasteiger partial charge in [-0.1, -0.05) is 11.8 Å². The van der Waals surface area contributed by atoms with Crippen LogP contribution in [0.25, 0.3) is 11.4 Å². The number of benzene rings is 1. The number of rotatable bonds is 4. The number of carbonyl (C=O) groups is 1. The number of nitrogens with zero attached hydrogens (tertiary/aromatic N) is 3. The predicted octanol–water partition coefficient (Wildman–Crippen LogP) is -0.360. The average Bonchev–Trinajstić information content (AvgIpc) is 2.69. The summed E-state index contributed by atoms with van der Waals surface area (Å²) in [7, 11) is 0. The quantitative estimate of drug-likeness (QED) is 0.600. The van der Waals surface area contributed by atoms with Crippen LogP contribution in [0.1, 0.15) is 0 Å². The Hall–Kier alpha value is -2.09. The number of hydrogen-bond acceptors (Lipinski definition) is 6. The number of halogens is 1. The van der Waals surface area contributed by atoms with Crippen molar-refractivity contribution in [1.29, 1.82) is 0 Å². The first-order valence-corrected chi connectivity index (χ1v) is 5.85. The molecule has 1 heterocycles. The summed E-state index contributed by atoms with van der Waals surface area (Å²) in [6.07, 6.45) is 0. The van der Waals surface area contributed by atoms with Crippen molar-refractivity contribution < 1.29 is 14.3 Å². The molecule has 2 rings (SSSR count). The molecular formula is C10H8FN4O2S-. The molecule has 0 fully saturated rings. The number of carbonyl (C=O) groups excluding carboxylic acids is 1. The van der Waals surface area contributed by atoms with Gasteiger partial charge in [0, 0.05) is 11.3 Å². The molecule has 0 saturated carbocycles. The topological polar surface area (TPSA) is 96.9 Å². The number of hydrogen-bond donors (Lipinski definition) is 1. The number of aliphatic carboxylic acids is 1. The van der Waals surface area contributed by atoms with Gasteiger partial charge in [-0.2, -0.15) is 0 Å². The Morgan fingerprint density at radius 2 is 2.06 bits per heavy atom. The van der Waals surface area contributed by atoms with Crippen LogP contribution in [0.15, 0.2) is 29.4 Å². The first kappa shape index (κ1) is 12.4. The predicted molar refractivity (Wildman–Crippen MR) is 61.3 cm³/mol. The Morgan fingerprint density at radius 3 is 2.67 bits per heavy atom. The number of nitrogens with two attached hydrogens (primary N) is 1. The Labute approximate surface area is 106 Å². The highest BCUT2D eigenvalue weighted by Crippen LogP contribution is 2.21. The molecule has 1 aromatic heterocycles. The summed E-state index contributed by atoms with van der Waals surface area (Å²) in [6.45, 7) is 0. The van der Waals surface area contributed by atoms with Gasteiger partial charge in [0.25, 0.3) is 0 Å². The highest BCUT2D eigenvalue weighted by Gasteiger charge is 2.11. The molecule has 2 N–H and O–H groups in total. The molecule has 0 saturated heterocycles. The molecular weight excluding hydrogens is 259 g/mol. The van der Waals surface area contributed by atoms with Gasteiger partial charge in [-0.15, -0.1) is 10.2 Å². The van der Waals surface area contributed by atoms with E-state index in [-0.39, 0.29) is 16.7 Å². The summed E-state index contributed by atoms with van der Waals surface area (Å²) in [4.78, 5) is 10.3. The molecule has 8 heteroatoms. The van der Waals surface area contributed by atoms with Crippen molar-refractivity contribution in [3.63, 3.8) is 0 Å². The third-order valence-corrected chi connectivity index (χ3v) is 3.00. The zero-order valence-corrected chi connectivity index (χ0v) is 9.85. The molecule has 94 valence electrons. The van der Waals surface area contributed by atoms with E-state index in [1.165, 1.54) is 24.3 Å². The van der Waals surface area contributed by atoms with Gasteiger partial charge in [-0.05, 0) is 24.3 Å². The third-order valence-electron chi connectivity index (χ3n) is 2.09. The van der Waals surface area contributed by atoms with Crippen LogP contribution in [-0.4, -0.2) is 26.6 Å². The van der Waals surface area contributed by atoms with Gasteiger partial charge in [0.15, 0.2) is 5.82 Å². The highest BCUT2D eigenvalue weighted by molar-refractivity contribution is 7.99. The van der Waals surface area contributed by atoms with E-state index in [2.05, 4.69) is 10.2 Å². The second-order valence-corrected chi connectivity index (χ2v) is 4.29. The van der Waals surface area contributed by atoms with Gasteiger partial charge in [0.1, 0.15) is 5.82 Å². The van der Waals surface area contributed by atoms with Crippen LogP contribution in [0.3, 0.4) is 0 Å². The number of carboxylic acid groups (broad SMARTS) is 1. The number of aromatic nitrogens is 3. The van der Waals surface area contributed by atoms with E-state index in [9.17, 15) is 14.3 Å². The largest absolute Gasteiger partial charge is 0.549 e. The lowest BCUT2D eigenvalue weighted by Crippen LogP contribution is -2.24. The van der Waals surface area contributed by atoms with E-state index in [0.29, 0.717) is 11.4 Å². The number of nitrogen functional groups attached to an aromatic ring is 1. The van der Waals surface area contributed by atoms with E-state index in [1.54, 1.807) is 0 Å². The highest BCUT2D eigenvalue weighted by atomic mass is 32.2. The zero-order chi connectivity index (χ0) is 13.1. The van der Waals surface area contributed by atoms with Crippen molar-refractivity contribution in [2.75, 3.05) is 11.6 Å². The summed E-state index contributed by atoms with van der Waals surface area (Å²) >= 11 is 0.902. The molecule has 0 aliphatic rings. The summed E-state index contributed by atoms with van der Waals surface area (Å²) in [5, 5.41) is 18.2. The fourth-order valence-corrected chi connectivity index (χ4v) is 1.87. The van der Waals surface area contributed by atoms with Crippen molar-refractivity contribution in [1.82, 2.24) is 14.9 Å². The lowest BCUT2D eigenvalue weighted by molar-refractivity contribution is -0.301. The Morgan fingerprint density at radius 1 is 1.39 bits per heavy atom. The van der Waals surface area contributed by atoms with Crippen molar-refractivity contribution in [3.8, 4) is 11.4 Å². The molecule has 0 atom stereocenters.